The number of nitrogens with one attached hydrogen (secondary N) is 1. The van der Waals surface area contributed by atoms with Crippen LogP contribution in [0, 0.1) is 5.92 Å². The number of nitrogens with two attached hydrogens (primary N) is 1. The molecule has 1 unspecified atom stereocenters. The molecule has 7 heteroatoms. The third-order valence-corrected chi connectivity index (χ3v) is 3.83. The second-order valence-corrected chi connectivity index (χ2v) is 5.39. The number of hydrogen-bond acceptors (Lipinski definition) is 4. The monoisotopic (exact) mass is 279 g/mol. The van der Waals surface area contributed by atoms with Crippen molar-refractivity contribution in [2.24, 2.45) is 11.7 Å². The van der Waals surface area contributed by atoms with Crippen molar-refractivity contribution in [3.8, 4) is 0 Å². The van der Waals surface area contributed by atoms with Crippen LogP contribution in [0.25, 0.3) is 0 Å². The number of hydrogen-bond donors (Lipinski definition) is 2. The minimum absolute atomic E-state index is 0. The van der Waals surface area contributed by atoms with Crippen LogP contribution in [-0.4, -0.2) is 47.5 Å². The highest BCUT2D eigenvalue weighted by atomic mass is 35.5. The molecule has 0 radical (unpaired) electrons. The molecule has 1 saturated heterocycles. The second-order valence-electron chi connectivity index (χ2n) is 4.34. The molecule has 1 atom stereocenters. The zero-order valence-corrected chi connectivity index (χ0v) is 11.2. The number of carbonyl (C=O) groups excluding carboxylic acids is 2. The molecule has 0 aromatic rings. The van der Waals surface area contributed by atoms with Gasteiger partial charge in [0.05, 0.1) is 0 Å². The molecule has 0 aromatic heterocycles. The average molecular weight is 280 g/mol. The van der Waals surface area contributed by atoms with Gasteiger partial charge in [0, 0.05) is 24.9 Å². The molecular formula is C10H18ClN3O2S. The summed E-state index contributed by atoms with van der Waals surface area (Å²) in [5, 5.41) is 2.79. The largest absolute Gasteiger partial charge is 0.353 e. The van der Waals surface area contributed by atoms with E-state index in [-0.39, 0.29) is 36.1 Å². The normalized spacial score (nSPS) is 21.0. The van der Waals surface area contributed by atoms with Crippen molar-refractivity contribution >= 4 is 35.3 Å². The van der Waals surface area contributed by atoms with E-state index in [0.29, 0.717) is 19.0 Å². The van der Waals surface area contributed by atoms with E-state index >= 15 is 0 Å². The fourth-order valence-corrected chi connectivity index (χ4v) is 2.55. The number of carbonyl (C=O) groups is 2. The number of halogens is 1. The van der Waals surface area contributed by atoms with Crippen molar-refractivity contribution in [3.63, 3.8) is 0 Å². The zero-order chi connectivity index (χ0) is 11.5. The molecule has 1 aliphatic heterocycles. The van der Waals surface area contributed by atoms with Crippen LogP contribution < -0.4 is 11.1 Å². The van der Waals surface area contributed by atoms with Crippen LogP contribution in [0.1, 0.15) is 12.8 Å². The highest BCUT2D eigenvalue weighted by Crippen LogP contribution is 2.31. The van der Waals surface area contributed by atoms with Crippen molar-refractivity contribution < 1.29 is 9.59 Å². The van der Waals surface area contributed by atoms with Crippen molar-refractivity contribution in [1.82, 2.24) is 10.2 Å². The van der Waals surface area contributed by atoms with Gasteiger partial charge in [-0.15, -0.1) is 12.4 Å². The molecule has 2 rings (SSSR count). The molecule has 2 fully saturated rings. The van der Waals surface area contributed by atoms with Crippen LogP contribution in [0.15, 0.2) is 0 Å². The van der Waals surface area contributed by atoms with Gasteiger partial charge in [0.2, 0.25) is 5.91 Å². The number of amides is 2. The van der Waals surface area contributed by atoms with Crippen LogP contribution >= 0.6 is 24.2 Å². The minimum atomic E-state index is -0.105. The summed E-state index contributed by atoms with van der Waals surface area (Å²) in [5.41, 5.74) is 5.86. The summed E-state index contributed by atoms with van der Waals surface area (Å²) < 4.78 is 0. The first-order valence-corrected chi connectivity index (χ1v) is 6.59. The Morgan fingerprint density at radius 2 is 2.29 bits per heavy atom. The first-order chi connectivity index (χ1) is 7.66. The summed E-state index contributed by atoms with van der Waals surface area (Å²) in [6.45, 7) is 1.37. The Kier molecular flexibility index (Phi) is 5.55. The highest BCUT2D eigenvalue weighted by molar-refractivity contribution is 8.13. The van der Waals surface area contributed by atoms with Crippen molar-refractivity contribution in [2.75, 3.05) is 25.4 Å². The molecule has 1 heterocycles. The smallest absolute Gasteiger partial charge is 0.282 e. The molecule has 3 N–H and O–H groups in total. The lowest BCUT2D eigenvalue weighted by atomic mass is 10.2. The lowest BCUT2D eigenvalue weighted by Crippen LogP contribution is -2.43. The van der Waals surface area contributed by atoms with Crippen LogP contribution in [-0.2, 0) is 4.79 Å². The molecule has 0 spiro atoms. The maximum Gasteiger partial charge on any atom is 0.282 e. The van der Waals surface area contributed by atoms with Gasteiger partial charge in [-0.1, -0.05) is 11.8 Å². The summed E-state index contributed by atoms with van der Waals surface area (Å²) in [5.74, 6) is 1.27. The first-order valence-electron chi connectivity index (χ1n) is 5.61. The lowest BCUT2D eigenvalue weighted by Gasteiger charge is -2.16. The van der Waals surface area contributed by atoms with E-state index in [4.69, 9.17) is 5.73 Å². The van der Waals surface area contributed by atoms with Crippen LogP contribution in [0.5, 0.6) is 0 Å². The first kappa shape index (κ1) is 14.6. The van der Waals surface area contributed by atoms with Crippen LogP contribution in [0.2, 0.25) is 0 Å². The number of nitrogens with zero attached hydrogens (tertiary/aromatic N) is 1. The van der Waals surface area contributed by atoms with Crippen LogP contribution in [0.4, 0.5) is 4.79 Å². The maximum atomic E-state index is 11.5. The van der Waals surface area contributed by atoms with E-state index in [1.807, 2.05) is 0 Å². The molecule has 5 nitrogen and oxygen atoms in total. The van der Waals surface area contributed by atoms with Gasteiger partial charge in [-0.3, -0.25) is 9.59 Å². The quantitative estimate of drug-likeness (QED) is 0.765. The SMILES string of the molecule is Cl.NC(CNC(=O)CN1CCSC1=O)C1CC1. The molecule has 0 aromatic carbocycles. The van der Waals surface area contributed by atoms with E-state index in [1.54, 1.807) is 4.90 Å². The highest BCUT2D eigenvalue weighted by Gasteiger charge is 2.29. The van der Waals surface area contributed by atoms with Crippen molar-refractivity contribution in [3.05, 3.63) is 0 Å². The van der Waals surface area contributed by atoms with Gasteiger partial charge in [-0.25, -0.2) is 0 Å². The van der Waals surface area contributed by atoms with E-state index in [1.165, 1.54) is 24.6 Å². The molecule has 17 heavy (non-hydrogen) atoms. The van der Waals surface area contributed by atoms with Gasteiger partial charge in [-0.2, -0.15) is 0 Å². The summed E-state index contributed by atoms with van der Waals surface area (Å²) in [4.78, 5) is 24.3. The Balaban J connectivity index is 0.00000144. The van der Waals surface area contributed by atoms with Crippen molar-refractivity contribution in [2.45, 2.75) is 18.9 Å². The fraction of sp³-hybridized carbons (Fsp3) is 0.800. The Bertz CT molecular complexity index is 299. The third-order valence-electron chi connectivity index (χ3n) is 2.94. The van der Waals surface area contributed by atoms with Gasteiger partial charge in [-0.05, 0) is 18.8 Å². The standard InChI is InChI=1S/C10H17N3O2S.ClH/c11-8(7-1-2-7)5-12-9(14)6-13-3-4-16-10(13)15;/h7-8H,1-6,11H2,(H,12,14);1H. The van der Waals surface area contributed by atoms with Gasteiger partial charge in [0.1, 0.15) is 6.54 Å². The summed E-state index contributed by atoms with van der Waals surface area (Å²) >= 11 is 1.27. The lowest BCUT2D eigenvalue weighted by molar-refractivity contribution is -0.121. The summed E-state index contributed by atoms with van der Waals surface area (Å²) in [6, 6.07) is 0.0765. The molecule has 1 aliphatic carbocycles. The Labute approximate surface area is 111 Å². The van der Waals surface area contributed by atoms with Gasteiger partial charge >= 0.3 is 0 Å². The predicted molar refractivity (Wildman–Crippen MR) is 70.4 cm³/mol. The van der Waals surface area contributed by atoms with Crippen LogP contribution in [0.3, 0.4) is 0 Å². The second kappa shape index (κ2) is 6.47. The molecule has 2 amide bonds. The Morgan fingerprint density at radius 3 is 2.82 bits per heavy atom. The zero-order valence-electron chi connectivity index (χ0n) is 9.55. The molecule has 0 bridgehead atoms. The third kappa shape index (κ3) is 4.37. The number of thioether (sulfide) groups is 1. The van der Waals surface area contributed by atoms with E-state index in [0.717, 1.165) is 5.75 Å². The number of rotatable bonds is 5. The Morgan fingerprint density at radius 1 is 1.59 bits per heavy atom. The topological polar surface area (TPSA) is 75.4 Å². The van der Waals surface area contributed by atoms with Gasteiger partial charge in [0.25, 0.3) is 5.24 Å². The maximum absolute atomic E-state index is 11.5. The van der Waals surface area contributed by atoms with E-state index in [9.17, 15) is 9.59 Å². The predicted octanol–water partition coefficient (Wildman–Crippen LogP) is 0.430. The van der Waals surface area contributed by atoms with E-state index in [2.05, 4.69) is 5.32 Å². The molecule has 2 aliphatic rings. The van der Waals surface area contributed by atoms with E-state index < -0.39 is 0 Å². The molecule has 1 saturated carbocycles. The Hall–Kier alpha value is -0.460. The summed E-state index contributed by atoms with van der Waals surface area (Å²) in [6.07, 6.45) is 2.36. The van der Waals surface area contributed by atoms with Crippen molar-refractivity contribution in [1.29, 1.82) is 0 Å². The average Bonchev–Trinajstić information content (AvgIpc) is 3.02. The molecular weight excluding hydrogens is 262 g/mol. The van der Waals surface area contributed by atoms with Gasteiger partial charge < -0.3 is 16.0 Å². The van der Waals surface area contributed by atoms with Gasteiger partial charge in [0.15, 0.2) is 0 Å². The molecule has 98 valence electrons. The summed E-state index contributed by atoms with van der Waals surface area (Å²) in [7, 11) is 0. The minimum Gasteiger partial charge on any atom is -0.353 e. The fourth-order valence-electron chi connectivity index (χ4n) is 1.72.